The van der Waals surface area contributed by atoms with Crippen molar-refractivity contribution >= 4 is 26.8 Å². The average Bonchev–Trinajstić information content (AvgIpc) is 2.58. The van der Waals surface area contributed by atoms with E-state index < -0.39 is 0 Å². The van der Waals surface area contributed by atoms with Gasteiger partial charge in [-0.3, -0.25) is 0 Å². The minimum atomic E-state index is 0.750. The molecule has 1 aromatic heterocycles. The third-order valence-electron chi connectivity index (χ3n) is 2.69. The highest BCUT2D eigenvalue weighted by molar-refractivity contribution is 9.10. The lowest BCUT2D eigenvalue weighted by Crippen LogP contribution is -1.99. The summed E-state index contributed by atoms with van der Waals surface area (Å²) in [5, 5.41) is 1.32. The topological polar surface area (TPSA) is 41.8 Å². The van der Waals surface area contributed by atoms with Gasteiger partial charge in [0.2, 0.25) is 0 Å². The minimum absolute atomic E-state index is 0.750. The lowest BCUT2D eigenvalue weighted by molar-refractivity contribution is 0.837. The van der Waals surface area contributed by atoms with Crippen LogP contribution in [-0.2, 0) is 6.42 Å². The van der Waals surface area contributed by atoms with Crippen molar-refractivity contribution in [2.75, 3.05) is 6.54 Å². The lowest BCUT2D eigenvalue weighted by Gasteiger charge is -2.00. The van der Waals surface area contributed by atoms with E-state index in [0.717, 1.165) is 23.9 Å². The third-order valence-corrected chi connectivity index (χ3v) is 3.15. The number of rotatable bonds is 3. The molecule has 0 spiro atoms. The van der Waals surface area contributed by atoms with E-state index in [1.54, 1.807) is 0 Å². The van der Waals surface area contributed by atoms with Crippen LogP contribution in [0, 0.1) is 6.92 Å². The maximum Gasteiger partial charge on any atom is 0.0487 e. The van der Waals surface area contributed by atoms with Crippen LogP contribution in [0.3, 0.4) is 0 Å². The number of hydrogen-bond donors (Lipinski definition) is 2. The Labute approximate surface area is 98.0 Å². The van der Waals surface area contributed by atoms with Crippen LogP contribution in [0.2, 0.25) is 0 Å². The molecule has 0 aliphatic rings. The first-order valence-electron chi connectivity index (χ1n) is 5.18. The largest absolute Gasteiger partial charge is 0.361 e. The van der Waals surface area contributed by atoms with E-state index in [1.165, 1.54) is 22.0 Å². The molecule has 1 aromatic carbocycles. The molecule has 0 amide bonds. The molecule has 0 fully saturated rings. The van der Waals surface area contributed by atoms with Crippen LogP contribution in [-0.4, -0.2) is 11.5 Å². The number of nitrogens with two attached hydrogens (primary N) is 1. The molecule has 15 heavy (non-hydrogen) atoms. The number of hydrogen-bond acceptors (Lipinski definition) is 1. The molecule has 0 saturated heterocycles. The number of aromatic nitrogens is 1. The van der Waals surface area contributed by atoms with Crippen LogP contribution in [0.25, 0.3) is 10.9 Å². The molecule has 3 heteroatoms. The second-order valence-corrected chi connectivity index (χ2v) is 4.77. The second-order valence-electron chi connectivity index (χ2n) is 3.85. The summed E-state index contributed by atoms with van der Waals surface area (Å²) < 4.78 is 1.14. The van der Waals surface area contributed by atoms with E-state index in [1.807, 2.05) is 0 Å². The summed E-state index contributed by atoms with van der Waals surface area (Å²) in [4.78, 5) is 3.33. The maximum absolute atomic E-state index is 5.53. The van der Waals surface area contributed by atoms with Crippen LogP contribution < -0.4 is 5.73 Å². The first kappa shape index (κ1) is 10.7. The summed E-state index contributed by atoms with van der Waals surface area (Å²) in [6.45, 7) is 2.87. The van der Waals surface area contributed by atoms with Gasteiger partial charge in [-0.15, -0.1) is 0 Å². The number of H-pyrrole nitrogens is 1. The zero-order chi connectivity index (χ0) is 10.8. The fraction of sp³-hybridized carbons (Fsp3) is 0.333. The maximum atomic E-state index is 5.53. The molecule has 0 bridgehead atoms. The van der Waals surface area contributed by atoms with Crippen LogP contribution >= 0.6 is 15.9 Å². The molecule has 0 aliphatic carbocycles. The van der Waals surface area contributed by atoms with Crippen LogP contribution in [0.15, 0.2) is 22.8 Å². The first-order valence-corrected chi connectivity index (χ1v) is 5.98. The van der Waals surface area contributed by atoms with Gasteiger partial charge in [-0.25, -0.2) is 0 Å². The molecule has 80 valence electrons. The fourth-order valence-corrected chi connectivity index (χ4v) is 2.50. The quantitative estimate of drug-likeness (QED) is 0.881. The SMILES string of the molecule is Cc1cc(Br)cc2c(CCCN)c[nH]c12. The van der Waals surface area contributed by atoms with Gasteiger partial charge in [-0.2, -0.15) is 0 Å². The van der Waals surface area contributed by atoms with Gasteiger partial charge in [0.1, 0.15) is 0 Å². The Hall–Kier alpha value is -0.800. The van der Waals surface area contributed by atoms with Crippen molar-refractivity contribution in [3.8, 4) is 0 Å². The monoisotopic (exact) mass is 266 g/mol. The first-order chi connectivity index (χ1) is 7.22. The Morgan fingerprint density at radius 1 is 1.40 bits per heavy atom. The molecule has 2 aromatic rings. The zero-order valence-corrected chi connectivity index (χ0v) is 10.4. The van der Waals surface area contributed by atoms with E-state index in [4.69, 9.17) is 5.73 Å². The van der Waals surface area contributed by atoms with E-state index in [2.05, 4.69) is 46.2 Å². The second kappa shape index (κ2) is 4.37. The Morgan fingerprint density at radius 2 is 2.20 bits per heavy atom. The van der Waals surface area contributed by atoms with Crippen molar-refractivity contribution in [2.24, 2.45) is 5.73 Å². The normalized spacial score (nSPS) is 11.1. The van der Waals surface area contributed by atoms with Crippen LogP contribution in [0.4, 0.5) is 0 Å². The Morgan fingerprint density at radius 3 is 2.93 bits per heavy atom. The van der Waals surface area contributed by atoms with Gasteiger partial charge in [0, 0.05) is 21.6 Å². The number of fused-ring (bicyclic) bond motifs is 1. The predicted molar refractivity (Wildman–Crippen MR) is 68.1 cm³/mol. The summed E-state index contributed by atoms with van der Waals surface area (Å²) in [7, 11) is 0. The molecule has 0 atom stereocenters. The Kier molecular flexibility index (Phi) is 3.12. The van der Waals surface area contributed by atoms with Crippen molar-refractivity contribution in [1.29, 1.82) is 0 Å². The smallest absolute Gasteiger partial charge is 0.0487 e. The molecule has 0 saturated carbocycles. The molecule has 0 aliphatic heterocycles. The molecule has 2 nitrogen and oxygen atoms in total. The summed E-state index contributed by atoms with van der Waals surface area (Å²) in [6, 6.07) is 4.30. The number of aryl methyl sites for hydroxylation is 2. The summed E-state index contributed by atoms with van der Waals surface area (Å²) >= 11 is 3.53. The van der Waals surface area contributed by atoms with E-state index in [-0.39, 0.29) is 0 Å². The molecule has 2 rings (SSSR count). The highest BCUT2D eigenvalue weighted by Crippen LogP contribution is 2.26. The van der Waals surface area contributed by atoms with Crippen molar-refractivity contribution in [3.05, 3.63) is 33.9 Å². The van der Waals surface area contributed by atoms with E-state index >= 15 is 0 Å². The van der Waals surface area contributed by atoms with Gasteiger partial charge >= 0.3 is 0 Å². The van der Waals surface area contributed by atoms with Crippen molar-refractivity contribution in [1.82, 2.24) is 4.98 Å². The van der Waals surface area contributed by atoms with E-state index in [0.29, 0.717) is 0 Å². The van der Waals surface area contributed by atoms with Gasteiger partial charge < -0.3 is 10.7 Å². The molecule has 0 unspecified atom stereocenters. The van der Waals surface area contributed by atoms with Gasteiger partial charge in [-0.05, 0) is 49.6 Å². The lowest BCUT2D eigenvalue weighted by atomic mass is 10.1. The molecule has 3 N–H and O–H groups in total. The van der Waals surface area contributed by atoms with Crippen LogP contribution in [0.5, 0.6) is 0 Å². The number of aromatic amines is 1. The van der Waals surface area contributed by atoms with Gasteiger partial charge in [0.05, 0.1) is 0 Å². The van der Waals surface area contributed by atoms with Crippen molar-refractivity contribution in [2.45, 2.75) is 19.8 Å². The standard InChI is InChI=1S/C12H15BrN2/c1-8-5-10(13)6-11-9(3-2-4-14)7-15-12(8)11/h5-7,15H,2-4,14H2,1H3. The Bertz CT molecular complexity index is 474. The van der Waals surface area contributed by atoms with Gasteiger partial charge in [0.25, 0.3) is 0 Å². The molecule has 1 heterocycles. The highest BCUT2D eigenvalue weighted by atomic mass is 79.9. The van der Waals surface area contributed by atoms with Crippen molar-refractivity contribution in [3.63, 3.8) is 0 Å². The average molecular weight is 267 g/mol. The highest BCUT2D eigenvalue weighted by Gasteiger charge is 2.06. The molecular formula is C12H15BrN2. The number of halogens is 1. The Balaban J connectivity index is 2.49. The minimum Gasteiger partial charge on any atom is -0.361 e. The zero-order valence-electron chi connectivity index (χ0n) is 8.81. The summed E-state index contributed by atoms with van der Waals surface area (Å²) in [5.41, 5.74) is 9.41. The summed E-state index contributed by atoms with van der Waals surface area (Å²) in [5.74, 6) is 0. The number of benzene rings is 1. The number of nitrogens with one attached hydrogen (secondary N) is 1. The third kappa shape index (κ3) is 2.08. The van der Waals surface area contributed by atoms with Gasteiger partial charge in [-0.1, -0.05) is 15.9 Å². The van der Waals surface area contributed by atoms with E-state index in [9.17, 15) is 0 Å². The van der Waals surface area contributed by atoms with Crippen molar-refractivity contribution < 1.29 is 0 Å². The predicted octanol–water partition coefficient (Wildman–Crippen LogP) is 3.13. The van der Waals surface area contributed by atoms with Crippen LogP contribution in [0.1, 0.15) is 17.5 Å². The molecule has 0 radical (unpaired) electrons. The summed E-state index contributed by atoms with van der Waals surface area (Å²) in [6.07, 6.45) is 4.19. The fourth-order valence-electron chi connectivity index (χ4n) is 1.92. The van der Waals surface area contributed by atoms with Gasteiger partial charge in [0.15, 0.2) is 0 Å². The molecular weight excluding hydrogens is 252 g/mol.